The molecule has 0 aromatic heterocycles. The average molecular weight is 385 g/mol. The molecule has 2 unspecified atom stereocenters. The highest BCUT2D eigenvalue weighted by atomic mass is 35.5. The van der Waals surface area contributed by atoms with Gasteiger partial charge in [0.1, 0.15) is 0 Å². The van der Waals surface area contributed by atoms with E-state index in [1.54, 1.807) is 12.1 Å². The number of nitrogens with one attached hydrogen (secondary N) is 1. The number of halogens is 1. The van der Waals surface area contributed by atoms with Crippen LogP contribution in [0, 0.1) is 6.92 Å². The maximum Gasteiger partial charge on any atom is 0.255 e. The molecule has 2 aromatic rings. The molecular weight excluding hydrogens is 360 g/mol. The van der Waals surface area contributed by atoms with Crippen molar-refractivity contribution in [2.24, 2.45) is 0 Å². The minimum atomic E-state index is -0.0887. The Bertz CT molecular complexity index is 820. The molecule has 2 atom stereocenters. The largest absolute Gasteiger partial charge is 0.331 e. The van der Waals surface area contributed by atoms with E-state index in [4.69, 9.17) is 0 Å². The van der Waals surface area contributed by atoms with Crippen LogP contribution in [0.25, 0.3) is 0 Å². The van der Waals surface area contributed by atoms with E-state index in [0.717, 1.165) is 37.9 Å². The molecule has 4 nitrogen and oxygen atoms in total. The van der Waals surface area contributed by atoms with Crippen LogP contribution in [0.3, 0.4) is 0 Å². The third-order valence-corrected chi connectivity index (χ3v) is 5.60. The molecule has 0 saturated carbocycles. The third-order valence-electron chi connectivity index (χ3n) is 5.60. The van der Waals surface area contributed by atoms with Gasteiger partial charge in [-0.15, -0.1) is 12.4 Å². The highest BCUT2D eigenvalue weighted by Gasteiger charge is 2.39. The molecule has 27 heavy (non-hydrogen) atoms. The molecular formula is C22H25ClN2O2. The van der Waals surface area contributed by atoms with Gasteiger partial charge in [0.25, 0.3) is 5.91 Å². The lowest BCUT2D eigenvalue weighted by Crippen LogP contribution is -2.43. The fourth-order valence-electron chi connectivity index (χ4n) is 4.18. The lowest BCUT2D eigenvalue weighted by Gasteiger charge is -2.28. The predicted molar refractivity (Wildman–Crippen MR) is 109 cm³/mol. The molecule has 2 aliphatic rings. The van der Waals surface area contributed by atoms with Crippen LogP contribution >= 0.6 is 12.4 Å². The highest BCUT2D eigenvalue weighted by molar-refractivity contribution is 6.15. The van der Waals surface area contributed by atoms with Crippen molar-refractivity contribution in [2.45, 2.75) is 38.3 Å². The molecule has 2 aliphatic heterocycles. The van der Waals surface area contributed by atoms with E-state index in [-0.39, 0.29) is 36.2 Å². The summed E-state index contributed by atoms with van der Waals surface area (Å²) in [5.41, 5.74) is 2.76. The Kier molecular flexibility index (Phi) is 5.98. The SMILES string of the molecule is Cc1ccc(C(=O)c2ccccc2C(=O)N2C3CCNCC2CC3)cc1.Cl. The molecule has 2 aromatic carbocycles. The summed E-state index contributed by atoms with van der Waals surface area (Å²) in [6.07, 6.45) is 3.08. The smallest absolute Gasteiger partial charge is 0.255 e. The monoisotopic (exact) mass is 384 g/mol. The average Bonchev–Trinajstić information content (AvgIpc) is 2.94. The summed E-state index contributed by atoms with van der Waals surface area (Å²) in [4.78, 5) is 28.4. The van der Waals surface area contributed by atoms with Crippen molar-refractivity contribution in [3.05, 3.63) is 70.8 Å². The van der Waals surface area contributed by atoms with E-state index in [9.17, 15) is 9.59 Å². The van der Waals surface area contributed by atoms with Crippen molar-refractivity contribution in [3.63, 3.8) is 0 Å². The normalized spacial score (nSPS) is 21.3. The van der Waals surface area contributed by atoms with Crippen LogP contribution < -0.4 is 5.32 Å². The number of fused-ring (bicyclic) bond motifs is 2. The number of carbonyl (C=O) groups is 2. The Morgan fingerprint density at radius 1 is 0.926 bits per heavy atom. The van der Waals surface area contributed by atoms with Gasteiger partial charge in [0.05, 0.1) is 5.56 Å². The zero-order valence-corrected chi connectivity index (χ0v) is 16.3. The van der Waals surface area contributed by atoms with Gasteiger partial charge in [-0.05, 0) is 38.8 Å². The molecule has 2 fully saturated rings. The summed E-state index contributed by atoms with van der Waals surface area (Å²) in [7, 11) is 0. The van der Waals surface area contributed by atoms with Crippen LogP contribution in [0.1, 0.15) is 51.1 Å². The summed E-state index contributed by atoms with van der Waals surface area (Å²) in [5.74, 6) is -0.0912. The first-order valence-corrected chi connectivity index (χ1v) is 9.39. The molecule has 5 heteroatoms. The second-order valence-corrected chi connectivity index (χ2v) is 7.33. The molecule has 1 N–H and O–H groups in total. The molecule has 2 heterocycles. The lowest BCUT2D eigenvalue weighted by molar-refractivity contribution is 0.0676. The first-order chi connectivity index (χ1) is 12.6. The van der Waals surface area contributed by atoms with Gasteiger partial charge in [-0.2, -0.15) is 0 Å². The molecule has 1 amide bonds. The number of ketones is 1. The fourth-order valence-corrected chi connectivity index (χ4v) is 4.18. The first kappa shape index (κ1) is 19.6. The minimum Gasteiger partial charge on any atom is -0.331 e. The second kappa shape index (κ2) is 8.24. The van der Waals surface area contributed by atoms with Gasteiger partial charge in [0, 0.05) is 29.8 Å². The fraction of sp³-hybridized carbons (Fsp3) is 0.364. The summed E-state index contributed by atoms with van der Waals surface area (Å²) in [6, 6.07) is 15.3. The number of hydrogen-bond donors (Lipinski definition) is 1. The quantitative estimate of drug-likeness (QED) is 0.822. The van der Waals surface area contributed by atoms with Gasteiger partial charge >= 0.3 is 0 Å². The van der Waals surface area contributed by atoms with Gasteiger partial charge in [-0.1, -0.05) is 48.0 Å². The van der Waals surface area contributed by atoms with E-state index in [1.807, 2.05) is 48.2 Å². The predicted octanol–water partition coefficient (Wildman–Crippen LogP) is 3.61. The molecule has 142 valence electrons. The first-order valence-electron chi connectivity index (χ1n) is 9.39. The van der Waals surface area contributed by atoms with Crippen LogP contribution in [0.5, 0.6) is 0 Å². The van der Waals surface area contributed by atoms with Crippen LogP contribution in [-0.2, 0) is 0 Å². The Morgan fingerprint density at radius 3 is 2.33 bits per heavy atom. The van der Waals surface area contributed by atoms with Gasteiger partial charge in [0.15, 0.2) is 5.78 Å². The molecule has 0 spiro atoms. The zero-order valence-electron chi connectivity index (χ0n) is 15.5. The van der Waals surface area contributed by atoms with Crippen LogP contribution in [0.4, 0.5) is 0 Å². The number of aryl methyl sites for hydroxylation is 1. The van der Waals surface area contributed by atoms with Crippen molar-refractivity contribution in [2.75, 3.05) is 13.1 Å². The van der Waals surface area contributed by atoms with E-state index in [2.05, 4.69) is 5.32 Å². The van der Waals surface area contributed by atoms with Gasteiger partial charge in [-0.25, -0.2) is 0 Å². The highest BCUT2D eigenvalue weighted by Crippen LogP contribution is 2.30. The van der Waals surface area contributed by atoms with Crippen molar-refractivity contribution >= 4 is 24.1 Å². The Hall–Kier alpha value is -2.17. The maximum atomic E-state index is 13.4. The summed E-state index contributed by atoms with van der Waals surface area (Å²) in [6.45, 7) is 3.79. The van der Waals surface area contributed by atoms with E-state index in [0.29, 0.717) is 16.7 Å². The van der Waals surface area contributed by atoms with Gasteiger partial charge in [-0.3, -0.25) is 9.59 Å². The van der Waals surface area contributed by atoms with Crippen LogP contribution in [-0.4, -0.2) is 41.8 Å². The lowest BCUT2D eigenvalue weighted by atomic mass is 9.96. The topological polar surface area (TPSA) is 49.4 Å². The Labute approximate surface area is 166 Å². The van der Waals surface area contributed by atoms with Crippen LogP contribution in [0.15, 0.2) is 48.5 Å². The van der Waals surface area contributed by atoms with E-state index in [1.165, 1.54) is 0 Å². The maximum absolute atomic E-state index is 13.4. The molecule has 2 bridgehead atoms. The standard InChI is InChI=1S/C22H24N2O2.ClH/c1-15-6-8-16(9-7-15)21(25)19-4-2-3-5-20(19)22(26)24-17-10-11-18(24)14-23-13-12-17;/h2-9,17-18,23H,10-14H2,1H3;1H. The number of hydrogen-bond acceptors (Lipinski definition) is 3. The van der Waals surface area contributed by atoms with Crippen molar-refractivity contribution in [1.82, 2.24) is 10.2 Å². The molecule has 0 radical (unpaired) electrons. The number of benzene rings is 2. The molecule has 0 aliphatic carbocycles. The number of carbonyl (C=O) groups excluding carboxylic acids is 2. The Balaban J connectivity index is 0.00000210. The number of nitrogens with zero attached hydrogens (tertiary/aromatic N) is 1. The third kappa shape index (κ3) is 3.78. The van der Waals surface area contributed by atoms with Crippen molar-refractivity contribution in [3.8, 4) is 0 Å². The summed E-state index contributed by atoms with van der Waals surface area (Å²) >= 11 is 0. The van der Waals surface area contributed by atoms with E-state index < -0.39 is 0 Å². The molecule has 2 saturated heterocycles. The zero-order chi connectivity index (χ0) is 18.1. The summed E-state index contributed by atoms with van der Waals surface area (Å²) < 4.78 is 0. The van der Waals surface area contributed by atoms with Crippen LogP contribution in [0.2, 0.25) is 0 Å². The number of rotatable bonds is 3. The second-order valence-electron chi connectivity index (χ2n) is 7.33. The Morgan fingerprint density at radius 2 is 1.59 bits per heavy atom. The number of amides is 1. The van der Waals surface area contributed by atoms with Gasteiger partial charge in [0.2, 0.25) is 0 Å². The van der Waals surface area contributed by atoms with Crippen molar-refractivity contribution in [1.29, 1.82) is 0 Å². The van der Waals surface area contributed by atoms with Gasteiger partial charge < -0.3 is 10.2 Å². The summed E-state index contributed by atoms with van der Waals surface area (Å²) in [5, 5.41) is 3.42. The molecule has 4 rings (SSSR count). The van der Waals surface area contributed by atoms with Crippen molar-refractivity contribution < 1.29 is 9.59 Å². The minimum absolute atomic E-state index is 0. The van der Waals surface area contributed by atoms with E-state index >= 15 is 0 Å².